The van der Waals surface area contributed by atoms with E-state index in [1.807, 2.05) is 0 Å². The van der Waals surface area contributed by atoms with E-state index in [2.05, 4.69) is 0 Å². The van der Waals surface area contributed by atoms with Crippen molar-refractivity contribution in [3.8, 4) is 11.8 Å². The number of nitriles is 1. The highest BCUT2D eigenvalue weighted by atomic mass is 19.1. The molecular formula is C8H7FN2O. The normalized spacial score (nSPS) is 9.08. The first-order valence-electron chi connectivity index (χ1n) is 3.22. The van der Waals surface area contributed by atoms with Crippen LogP contribution in [0.4, 0.5) is 10.1 Å². The van der Waals surface area contributed by atoms with E-state index in [1.54, 1.807) is 6.07 Å². The van der Waals surface area contributed by atoms with Crippen LogP contribution in [0.1, 0.15) is 5.56 Å². The van der Waals surface area contributed by atoms with Crippen molar-refractivity contribution in [2.45, 2.75) is 0 Å². The molecule has 0 heterocycles. The number of nitrogen functional groups attached to an aromatic ring is 1. The summed E-state index contributed by atoms with van der Waals surface area (Å²) in [6, 6.07) is 4.01. The van der Waals surface area contributed by atoms with E-state index in [0.717, 1.165) is 6.07 Å². The summed E-state index contributed by atoms with van der Waals surface area (Å²) >= 11 is 0. The van der Waals surface area contributed by atoms with Crippen molar-refractivity contribution in [2.24, 2.45) is 0 Å². The van der Waals surface area contributed by atoms with Crippen molar-refractivity contribution in [3.63, 3.8) is 0 Å². The van der Waals surface area contributed by atoms with Crippen molar-refractivity contribution in [1.82, 2.24) is 0 Å². The number of rotatable bonds is 1. The van der Waals surface area contributed by atoms with Crippen molar-refractivity contribution >= 4 is 5.69 Å². The summed E-state index contributed by atoms with van der Waals surface area (Å²) in [5.41, 5.74) is 5.62. The molecule has 1 rings (SSSR count). The predicted molar refractivity (Wildman–Crippen MR) is 42.1 cm³/mol. The van der Waals surface area contributed by atoms with Crippen LogP contribution in [0.15, 0.2) is 12.1 Å². The molecule has 0 aliphatic rings. The molecule has 4 heteroatoms. The van der Waals surface area contributed by atoms with Crippen molar-refractivity contribution in [1.29, 1.82) is 5.26 Å². The second kappa shape index (κ2) is 3.09. The van der Waals surface area contributed by atoms with Gasteiger partial charge in [0.15, 0.2) is 0 Å². The van der Waals surface area contributed by atoms with E-state index in [-0.39, 0.29) is 17.0 Å². The van der Waals surface area contributed by atoms with Gasteiger partial charge in [0.25, 0.3) is 0 Å². The van der Waals surface area contributed by atoms with E-state index in [4.69, 9.17) is 15.7 Å². The van der Waals surface area contributed by atoms with Crippen LogP contribution < -0.4 is 10.5 Å². The van der Waals surface area contributed by atoms with Crippen LogP contribution in [0, 0.1) is 17.1 Å². The van der Waals surface area contributed by atoms with E-state index >= 15 is 0 Å². The van der Waals surface area contributed by atoms with E-state index < -0.39 is 5.82 Å². The highest BCUT2D eigenvalue weighted by Gasteiger charge is 2.06. The van der Waals surface area contributed by atoms with Crippen molar-refractivity contribution in [3.05, 3.63) is 23.5 Å². The summed E-state index contributed by atoms with van der Waals surface area (Å²) in [4.78, 5) is 0. The zero-order chi connectivity index (χ0) is 9.14. The Morgan fingerprint density at radius 1 is 1.58 bits per heavy atom. The molecule has 0 amide bonds. The molecule has 0 spiro atoms. The van der Waals surface area contributed by atoms with Gasteiger partial charge in [-0.25, -0.2) is 4.39 Å². The largest absolute Gasteiger partial charge is 0.494 e. The Bertz CT molecular complexity index is 343. The lowest BCUT2D eigenvalue weighted by atomic mass is 10.2. The van der Waals surface area contributed by atoms with E-state index in [1.165, 1.54) is 13.2 Å². The molecule has 0 unspecified atom stereocenters. The average molecular weight is 166 g/mol. The van der Waals surface area contributed by atoms with Crippen LogP contribution in [0.25, 0.3) is 0 Å². The first-order chi connectivity index (χ1) is 5.69. The van der Waals surface area contributed by atoms with Gasteiger partial charge in [-0.15, -0.1) is 0 Å². The highest BCUT2D eigenvalue weighted by molar-refractivity contribution is 5.57. The SMILES string of the molecule is COc1cc(F)c(C#N)cc1N. The second-order valence-corrected chi connectivity index (χ2v) is 2.19. The first-order valence-corrected chi connectivity index (χ1v) is 3.22. The molecule has 1 aromatic carbocycles. The van der Waals surface area contributed by atoms with Gasteiger partial charge >= 0.3 is 0 Å². The molecule has 0 aliphatic heterocycles. The number of hydrogen-bond acceptors (Lipinski definition) is 3. The standard InChI is InChI=1S/C8H7FN2O/c1-12-8-3-6(9)5(4-10)2-7(8)11/h2-3H,11H2,1H3. The van der Waals surface area contributed by atoms with Crippen LogP contribution >= 0.6 is 0 Å². The topological polar surface area (TPSA) is 59.0 Å². The van der Waals surface area contributed by atoms with Gasteiger partial charge in [-0.05, 0) is 6.07 Å². The lowest BCUT2D eigenvalue weighted by molar-refractivity contribution is 0.413. The molecule has 3 nitrogen and oxygen atoms in total. The molecule has 0 atom stereocenters. The van der Waals surface area contributed by atoms with Crippen molar-refractivity contribution in [2.75, 3.05) is 12.8 Å². The fraction of sp³-hybridized carbons (Fsp3) is 0.125. The number of nitrogens with two attached hydrogens (primary N) is 1. The highest BCUT2D eigenvalue weighted by Crippen LogP contribution is 2.24. The monoisotopic (exact) mass is 166 g/mol. The molecule has 0 bridgehead atoms. The summed E-state index contributed by atoms with van der Waals surface area (Å²) in [5.74, 6) is -0.380. The summed E-state index contributed by atoms with van der Waals surface area (Å²) in [7, 11) is 1.39. The van der Waals surface area contributed by atoms with Gasteiger partial charge in [0.2, 0.25) is 0 Å². The molecule has 2 N–H and O–H groups in total. The van der Waals surface area contributed by atoms with Gasteiger partial charge in [0.1, 0.15) is 17.6 Å². The molecular weight excluding hydrogens is 159 g/mol. The summed E-state index contributed by atoms with van der Waals surface area (Å²) in [5, 5.41) is 8.42. The number of methoxy groups -OCH3 is 1. The number of anilines is 1. The summed E-state index contributed by atoms with van der Waals surface area (Å²) in [6.07, 6.45) is 0. The minimum absolute atomic E-state index is 0.0756. The first kappa shape index (κ1) is 8.34. The summed E-state index contributed by atoms with van der Waals surface area (Å²) in [6.45, 7) is 0. The number of ether oxygens (including phenoxy) is 1. The fourth-order valence-corrected chi connectivity index (χ4v) is 0.834. The zero-order valence-electron chi connectivity index (χ0n) is 6.47. The molecule has 1 aromatic rings. The third-order valence-electron chi connectivity index (χ3n) is 1.44. The third-order valence-corrected chi connectivity index (χ3v) is 1.44. The number of benzene rings is 1. The predicted octanol–water partition coefficient (Wildman–Crippen LogP) is 1.29. The average Bonchev–Trinajstić information content (AvgIpc) is 2.08. The van der Waals surface area contributed by atoms with Crippen LogP contribution in [0.5, 0.6) is 5.75 Å². The Hall–Kier alpha value is -1.76. The molecule has 0 saturated heterocycles. The Morgan fingerprint density at radius 3 is 2.75 bits per heavy atom. The third kappa shape index (κ3) is 1.30. The Kier molecular flexibility index (Phi) is 2.15. The van der Waals surface area contributed by atoms with Crippen LogP contribution in [0.3, 0.4) is 0 Å². The molecule has 0 radical (unpaired) electrons. The lowest BCUT2D eigenvalue weighted by Gasteiger charge is -2.04. The molecule has 0 aromatic heterocycles. The second-order valence-electron chi connectivity index (χ2n) is 2.19. The number of hydrogen-bond donors (Lipinski definition) is 1. The molecule has 0 fully saturated rings. The quantitative estimate of drug-likeness (QED) is 0.639. The molecule has 12 heavy (non-hydrogen) atoms. The van der Waals surface area contributed by atoms with Gasteiger partial charge < -0.3 is 10.5 Å². The van der Waals surface area contributed by atoms with Gasteiger partial charge in [-0.1, -0.05) is 0 Å². The Balaban J connectivity index is 3.28. The fourth-order valence-electron chi connectivity index (χ4n) is 0.834. The van der Waals surface area contributed by atoms with Gasteiger partial charge in [0.05, 0.1) is 18.4 Å². The number of nitrogens with zero attached hydrogens (tertiary/aromatic N) is 1. The van der Waals surface area contributed by atoms with Gasteiger partial charge in [-0.3, -0.25) is 0 Å². The summed E-state index contributed by atoms with van der Waals surface area (Å²) < 4.78 is 17.6. The maximum absolute atomic E-state index is 12.9. The van der Waals surface area contributed by atoms with Gasteiger partial charge in [0, 0.05) is 6.07 Å². The maximum atomic E-state index is 12.9. The molecule has 62 valence electrons. The van der Waals surface area contributed by atoms with E-state index in [0.29, 0.717) is 0 Å². The number of halogens is 1. The van der Waals surface area contributed by atoms with Crippen LogP contribution in [-0.2, 0) is 0 Å². The minimum atomic E-state index is -0.622. The van der Waals surface area contributed by atoms with Crippen molar-refractivity contribution < 1.29 is 9.13 Å². The molecule has 0 aliphatic carbocycles. The maximum Gasteiger partial charge on any atom is 0.144 e. The lowest BCUT2D eigenvalue weighted by Crippen LogP contribution is -1.95. The zero-order valence-corrected chi connectivity index (χ0v) is 6.47. The van der Waals surface area contributed by atoms with E-state index in [9.17, 15) is 4.39 Å². The van der Waals surface area contributed by atoms with Crippen LogP contribution in [-0.4, -0.2) is 7.11 Å². The Labute approximate surface area is 69.2 Å². The smallest absolute Gasteiger partial charge is 0.144 e. The Morgan fingerprint density at radius 2 is 2.25 bits per heavy atom. The molecule has 0 saturated carbocycles. The van der Waals surface area contributed by atoms with Crippen LogP contribution in [0.2, 0.25) is 0 Å². The van der Waals surface area contributed by atoms with Gasteiger partial charge in [-0.2, -0.15) is 5.26 Å². The minimum Gasteiger partial charge on any atom is -0.494 e.